The molecule has 0 saturated carbocycles. The quantitative estimate of drug-likeness (QED) is 0.702. The molecule has 0 spiro atoms. The van der Waals surface area contributed by atoms with Gasteiger partial charge in [0.15, 0.2) is 0 Å². The maximum atomic E-state index is 12.2. The molecule has 0 saturated heterocycles. The van der Waals surface area contributed by atoms with Gasteiger partial charge in [-0.25, -0.2) is 4.98 Å². The molecule has 0 aliphatic rings. The van der Waals surface area contributed by atoms with Crippen molar-refractivity contribution in [3.8, 4) is 0 Å². The van der Waals surface area contributed by atoms with Crippen LogP contribution in [0.2, 0.25) is 0 Å². The normalized spacial score (nSPS) is 10.4. The second kappa shape index (κ2) is 8.30. The highest BCUT2D eigenvalue weighted by Gasteiger charge is 2.09. The molecule has 3 rings (SSSR count). The van der Waals surface area contributed by atoms with E-state index in [9.17, 15) is 4.79 Å². The first-order valence-corrected chi connectivity index (χ1v) is 8.79. The lowest BCUT2D eigenvalue weighted by atomic mass is 10.1. The molecule has 0 atom stereocenters. The van der Waals surface area contributed by atoms with Gasteiger partial charge in [0.1, 0.15) is 5.82 Å². The van der Waals surface area contributed by atoms with Crippen molar-refractivity contribution in [2.24, 2.45) is 0 Å². The minimum atomic E-state index is -0.0428. The Morgan fingerprint density at radius 1 is 1.00 bits per heavy atom. The van der Waals surface area contributed by atoms with Gasteiger partial charge in [-0.3, -0.25) is 4.79 Å². The smallest absolute Gasteiger partial charge is 0.228 e. The molecule has 132 valence electrons. The van der Waals surface area contributed by atoms with Crippen molar-refractivity contribution in [1.29, 1.82) is 0 Å². The SMILES string of the molecule is CCN(c1ccccc1)c1ccc(NC(=O)Cc2ccc(C)cc2)cn1. The van der Waals surface area contributed by atoms with Crippen LogP contribution >= 0.6 is 0 Å². The fraction of sp³-hybridized carbons (Fsp3) is 0.182. The van der Waals surface area contributed by atoms with Gasteiger partial charge in [-0.2, -0.15) is 0 Å². The third-order valence-corrected chi connectivity index (χ3v) is 4.18. The van der Waals surface area contributed by atoms with Crippen LogP contribution in [0.5, 0.6) is 0 Å². The van der Waals surface area contributed by atoms with Crippen molar-refractivity contribution < 1.29 is 4.79 Å². The van der Waals surface area contributed by atoms with Gasteiger partial charge in [0.05, 0.1) is 18.3 Å². The van der Waals surface area contributed by atoms with E-state index in [0.29, 0.717) is 12.1 Å². The van der Waals surface area contributed by atoms with Gasteiger partial charge in [0, 0.05) is 12.2 Å². The largest absolute Gasteiger partial charge is 0.327 e. The Bertz CT molecular complexity index is 843. The van der Waals surface area contributed by atoms with Crippen LogP contribution in [0.3, 0.4) is 0 Å². The number of anilines is 3. The summed E-state index contributed by atoms with van der Waals surface area (Å²) in [6.45, 7) is 4.94. The van der Waals surface area contributed by atoms with Gasteiger partial charge >= 0.3 is 0 Å². The number of nitrogens with one attached hydrogen (secondary N) is 1. The van der Waals surface area contributed by atoms with E-state index in [2.05, 4.69) is 34.3 Å². The molecular weight excluding hydrogens is 322 g/mol. The zero-order chi connectivity index (χ0) is 18.4. The fourth-order valence-electron chi connectivity index (χ4n) is 2.80. The summed E-state index contributed by atoms with van der Waals surface area (Å²) in [5.74, 6) is 0.814. The van der Waals surface area contributed by atoms with E-state index in [4.69, 9.17) is 0 Å². The Balaban J connectivity index is 1.65. The summed E-state index contributed by atoms with van der Waals surface area (Å²) in [7, 11) is 0. The van der Waals surface area contributed by atoms with Crippen LogP contribution in [-0.4, -0.2) is 17.4 Å². The average molecular weight is 345 g/mol. The molecule has 0 aliphatic heterocycles. The summed E-state index contributed by atoms with van der Waals surface area (Å²) in [4.78, 5) is 18.8. The average Bonchev–Trinajstić information content (AvgIpc) is 2.66. The Hall–Kier alpha value is -3.14. The molecule has 0 fully saturated rings. The molecule has 2 aromatic carbocycles. The van der Waals surface area contributed by atoms with Crippen molar-refractivity contribution in [1.82, 2.24) is 4.98 Å². The standard InChI is InChI=1S/C22H23N3O/c1-3-25(20-7-5-4-6-8-20)21-14-13-19(16-23-21)24-22(26)15-18-11-9-17(2)10-12-18/h4-14,16H,3,15H2,1-2H3,(H,24,26). The number of aromatic nitrogens is 1. The number of nitrogens with zero attached hydrogens (tertiary/aromatic N) is 2. The molecule has 0 bridgehead atoms. The predicted molar refractivity (Wildman–Crippen MR) is 107 cm³/mol. The molecule has 4 heteroatoms. The van der Waals surface area contributed by atoms with E-state index in [1.807, 2.05) is 61.5 Å². The highest BCUT2D eigenvalue weighted by Crippen LogP contribution is 2.23. The summed E-state index contributed by atoms with van der Waals surface area (Å²) >= 11 is 0. The highest BCUT2D eigenvalue weighted by molar-refractivity contribution is 5.92. The summed E-state index contributed by atoms with van der Waals surface area (Å²) in [5.41, 5.74) is 3.99. The van der Waals surface area contributed by atoms with Crippen molar-refractivity contribution in [2.75, 3.05) is 16.8 Å². The van der Waals surface area contributed by atoms with Gasteiger partial charge in [0.2, 0.25) is 5.91 Å². The number of hydrogen-bond acceptors (Lipinski definition) is 3. The first kappa shape index (κ1) is 17.7. The molecule has 1 aromatic heterocycles. The Morgan fingerprint density at radius 3 is 2.35 bits per heavy atom. The maximum absolute atomic E-state index is 12.2. The zero-order valence-corrected chi connectivity index (χ0v) is 15.1. The second-order valence-corrected chi connectivity index (χ2v) is 6.20. The molecule has 1 amide bonds. The number of amides is 1. The van der Waals surface area contributed by atoms with Crippen LogP contribution in [0.1, 0.15) is 18.1 Å². The summed E-state index contributed by atoms with van der Waals surface area (Å²) in [5, 5.41) is 2.91. The maximum Gasteiger partial charge on any atom is 0.228 e. The van der Waals surface area contributed by atoms with Crippen molar-refractivity contribution in [3.63, 3.8) is 0 Å². The summed E-state index contributed by atoms with van der Waals surface area (Å²) in [6.07, 6.45) is 2.06. The lowest BCUT2D eigenvalue weighted by molar-refractivity contribution is -0.115. The van der Waals surface area contributed by atoms with Crippen LogP contribution < -0.4 is 10.2 Å². The topological polar surface area (TPSA) is 45.2 Å². The van der Waals surface area contributed by atoms with Gasteiger partial charge in [-0.15, -0.1) is 0 Å². The number of pyridine rings is 1. The summed E-state index contributed by atoms with van der Waals surface area (Å²) in [6, 6.07) is 21.9. The number of hydrogen-bond donors (Lipinski definition) is 1. The van der Waals surface area contributed by atoms with E-state index < -0.39 is 0 Å². The Morgan fingerprint density at radius 2 is 1.73 bits per heavy atom. The van der Waals surface area contributed by atoms with Crippen molar-refractivity contribution >= 4 is 23.1 Å². The molecule has 26 heavy (non-hydrogen) atoms. The predicted octanol–water partition coefficient (Wildman–Crippen LogP) is 4.73. The Labute approximate surface area is 154 Å². The van der Waals surface area contributed by atoms with E-state index in [1.165, 1.54) is 5.56 Å². The van der Waals surface area contributed by atoms with Gasteiger partial charge in [-0.1, -0.05) is 48.0 Å². The minimum absolute atomic E-state index is 0.0428. The van der Waals surface area contributed by atoms with E-state index in [-0.39, 0.29) is 5.91 Å². The van der Waals surface area contributed by atoms with E-state index in [1.54, 1.807) is 6.20 Å². The highest BCUT2D eigenvalue weighted by atomic mass is 16.1. The van der Waals surface area contributed by atoms with E-state index in [0.717, 1.165) is 23.6 Å². The first-order chi connectivity index (χ1) is 12.7. The molecule has 3 aromatic rings. The third-order valence-electron chi connectivity index (χ3n) is 4.18. The molecule has 0 radical (unpaired) electrons. The lowest BCUT2D eigenvalue weighted by Crippen LogP contribution is -2.18. The minimum Gasteiger partial charge on any atom is -0.327 e. The molecule has 0 unspecified atom stereocenters. The van der Waals surface area contributed by atoms with Gasteiger partial charge < -0.3 is 10.2 Å². The van der Waals surface area contributed by atoms with Crippen molar-refractivity contribution in [2.45, 2.75) is 20.3 Å². The van der Waals surface area contributed by atoms with Crippen LogP contribution in [0.4, 0.5) is 17.2 Å². The fourth-order valence-corrected chi connectivity index (χ4v) is 2.80. The molecule has 1 heterocycles. The third kappa shape index (κ3) is 4.48. The number of para-hydroxylation sites is 1. The number of aryl methyl sites for hydroxylation is 1. The molecule has 4 nitrogen and oxygen atoms in total. The van der Waals surface area contributed by atoms with Gasteiger partial charge in [0.25, 0.3) is 0 Å². The second-order valence-electron chi connectivity index (χ2n) is 6.20. The number of rotatable bonds is 6. The molecular formula is C22H23N3O. The first-order valence-electron chi connectivity index (χ1n) is 8.79. The van der Waals surface area contributed by atoms with Crippen LogP contribution in [-0.2, 0) is 11.2 Å². The lowest BCUT2D eigenvalue weighted by Gasteiger charge is -2.22. The number of benzene rings is 2. The number of carbonyl (C=O) groups is 1. The Kier molecular flexibility index (Phi) is 5.64. The monoisotopic (exact) mass is 345 g/mol. The zero-order valence-electron chi connectivity index (χ0n) is 15.1. The number of carbonyl (C=O) groups excluding carboxylic acids is 1. The van der Waals surface area contributed by atoms with Crippen molar-refractivity contribution in [3.05, 3.63) is 84.1 Å². The van der Waals surface area contributed by atoms with Crippen LogP contribution in [0.15, 0.2) is 72.9 Å². The molecule has 0 aliphatic carbocycles. The molecule has 1 N–H and O–H groups in total. The van der Waals surface area contributed by atoms with Crippen LogP contribution in [0, 0.1) is 6.92 Å². The van der Waals surface area contributed by atoms with Gasteiger partial charge in [-0.05, 0) is 43.7 Å². The summed E-state index contributed by atoms with van der Waals surface area (Å²) < 4.78 is 0. The van der Waals surface area contributed by atoms with E-state index >= 15 is 0 Å². The van der Waals surface area contributed by atoms with Crippen LogP contribution in [0.25, 0.3) is 0 Å².